The molecule has 0 bridgehead atoms. The van der Waals surface area contributed by atoms with Crippen LogP contribution in [0.25, 0.3) is 44.1 Å². The number of fused-ring (bicyclic) bond motifs is 4. The van der Waals surface area contributed by atoms with Crippen LogP contribution in [-0.4, -0.2) is 13.1 Å². The van der Waals surface area contributed by atoms with Crippen LogP contribution in [0.5, 0.6) is 11.5 Å². The molecule has 0 unspecified atom stereocenters. The van der Waals surface area contributed by atoms with Crippen LogP contribution in [0, 0.1) is 6.92 Å². The van der Waals surface area contributed by atoms with Crippen molar-refractivity contribution < 1.29 is 4.74 Å². The predicted molar refractivity (Wildman–Crippen MR) is 141 cm³/mol. The van der Waals surface area contributed by atoms with E-state index in [0.29, 0.717) is 0 Å². The number of ether oxygens (including phenoxy) is 1. The third kappa shape index (κ3) is 2.51. The highest BCUT2D eigenvalue weighted by Gasteiger charge is 2.36. The number of pyridine rings is 1. The van der Waals surface area contributed by atoms with Crippen LogP contribution in [0.4, 0.5) is 0 Å². The van der Waals surface area contributed by atoms with Crippen molar-refractivity contribution in [2.45, 2.75) is 20.0 Å². The minimum atomic E-state index is -1.78. The molecular weight excluding hydrogens is 418 g/mol. The summed E-state index contributed by atoms with van der Waals surface area (Å²) in [4.78, 5) is 4.83. The Labute approximate surface area is 194 Å². The first-order valence-electron chi connectivity index (χ1n) is 11.5. The molecule has 2 aliphatic heterocycles. The molecular formula is C30H23NOSi. The van der Waals surface area contributed by atoms with Gasteiger partial charge in [0.1, 0.15) is 19.6 Å². The Morgan fingerprint density at radius 2 is 1.67 bits per heavy atom. The van der Waals surface area contributed by atoms with E-state index in [-0.39, 0.29) is 0 Å². The van der Waals surface area contributed by atoms with Crippen LogP contribution in [0.15, 0.2) is 79.0 Å². The van der Waals surface area contributed by atoms with Gasteiger partial charge in [-0.05, 0) is 68.9 Å². The van der Waals surface area contributed by atoms with Crippen molar-refractivity contribution in [1.29, 1.82) is 0 Å². The smallest absolute Gasteiger partial charge is 0.140 e. The molecule has 2 nitrogen and oxygen atoms in total. The molecule has 3 heteroatoms. The Hall–Kier alpha value is -3.69. The van der Waals surface area contributed by atoms with E-state index in [1.807, 2.05) is 6.20 Å². The molecule has 33 heavy (non-hydrogen) atoms. The minimum Gasteiger partial charge on any atom is -0.456 e. The second-order valence-electron chi connectivity index (χ2n) is 9.70. The Balaban J connectivity index is 1.49. The van der Waals surface area contributed by atoms with E-state index in [0.717, 1.165) is 28.1 Å². The lowest BCUT2D eigenvalue weighted by atomic mass is 9.93. The molecule has 0 saturated heterocycles. The van der Waals surface area contributed by atoms with Crippen molar-refractivity contribution in [3.63, 3.8) is 0 Å². The lowest BCUT2D eigenvalue weighted by Crippen LogP contribution is -2.40. The van der Waals surface area contributed by atoms with Gasteiger partial charge in [-0.25, -0.2) is 0 Å². The van der Waals surface area contributed by atoms with Gasteiger partial charge in [0.25, 0.3) is 0 Å². The first-order chi connectivity index (χ1) is 16.0. The lowest BCUT2D eigenvalue weighted by molar-refractivity contribution is 0.483. The number of benzene rings is 4. The topological polar surface area (TPSA) is 22.1 Å². The van der Waals surface area contributed by atoms with Crippen molar-refractivity contribution in [2.75, 3.05) is 0 Å². The Kier molecular flexibility index (Phi) is 3.67. The van der Waals surface area contributed by atoms with Crippen molar-refractivity contribution in [1.82, 2.24) is 4.98 Å². The summed E-state index contributed by atoms with van der Waals surface area (Å²) in [5, 5.41) is 7.72. The number of hydrogen-bond acceptors (Lipinski definition) is 2. The predicted octanol–water partition coefficient (Wildman–Crippen LogP) is 7.48. The fourth-order valence-corrected chi connectivity index (χ4v) is 8.83. The Morgan fingerprint density at radius 3 is 2.55 bits per heavy atom. The van der Waals surface area contributed by atoms with E-state index in [4.69, 9.17) is 9.72 Å². The zero-order valence-electron chi connectivity index (χ0n) is 18.9. The fourth-order valence-electron chi connectivity index (χ4n) is 5.76. The number of aromatic nitrogens is 1. The van der Waals surface area contributed by atoms with Crippen LogP contribution >= 0.6 is 0 Å². The van der Waals surface area contributed by atoms with Crippen LogP contribution < -0.4 is 9.92 Å². The monoisotopic (exact) mass is 441 g/mol. The third-order valence-electron chi connectivity index (χ3n) is 7.46. The highest BCUT2D eigenvalue weighted by atomic mass is 28.3. The number of hydrogen-bond donors (Lipinski definition) is 0. The van der Waals surface area contributed by atoms with Crippen molar-refractivity contribution in [3.05, 3.63) is 95.7 Å². The van der Waals surface area contributed by atoms with Crippen LogP contribution in [0.2, 0.25) is 13.1 Å². The van der Waals surface area contributed by atoms with Crippen LogP contribution in [0.3, 0.4) is 0 Å². The number of rotatable bonds is 1. The summed E-state index contributed by atoms with van der Waals surface area (Å²) in [6, 6.07) is 26.3. The van der Waals surface area contributed by atoms with Gasteiger partial charge in [-0.1, -0.05) is 67.7 Å². The summed E-state index contributed by atoms with van der Waals surface area (Å²) < 4.78 is 6.68. The van der Waals surface area contributed by atoms with E-state index < -0.39 is 8.07 Å². The van der Waals surface area contributed by atoms with Gasteiger partial charge in [-0.15, -0.1) is 0 Å². The quantitative estimate of drug-likeness (QED) is 0.247. The Morgan fingerprint density at radius 1 is 0.848 bits per heavy atom. The van der Waals surface area contributed by atoms with Crippen molar-refractivity contribution in [2.24, 2.45) is 0 Å². The minimum absolute atomic E-state index is 0.915. The highest BCUT2D eigenvalue weighted by Crippen LogP contribution is 2.50. The maximum atomic E-state index is 6.68. The molecule has 0 saturated carbocycles. The average Bonchev–Trinajstić information content (AvgIpc) is 3.11. The largest absolute Gasteiger partial charge is 0.456 e. The molecule has 3 heterocycles. The van der Waals surface area contributed by atoms with Gasteiger partial charge in [-0.2, -0.15) is 0 Å². The summed E-state index contributed by atoms with van der Waals surface area (Å²) >= 11 is 0. The Bertz CT molecular complexity index is 1680. The molecule has 0 atom stereocenters. The van der Waals surface area contributed by atoms with Gasteiger partial charge >= 0.3 is 0 Å². The molecule has 7 rings (SSSR count). The summed E-state index contributed by atoms with van der Waals surface area (Å²) in [7, 11) is -1.78. The van der Waals surface area contributed by atoms with Gasteiger partial charge in [-0.3, -0.25) is 4.98 Å². The zero-order chi connectivity index (χ0) is 22.3. The molecule has 0 amide bonds. The summed E-state index contributed by atoms with van der Waals surface area (Å²) in [5.41, 5.74) is 5.90. The zero-order valence-corrected chi connectivity index (χ0v) is 19.9. The molecule has 0 fully saturated rings. The third-order valence-corrected chi connectivity index (χ3v) is 11.0. The maximum Gasteiger partial charge on any atom is 0.140 e. The standard InChI is InChI=1S/C30H23NOSi/c1-18-23-10-6-4-8-19(23)15-24-29-28-21(12-13-31-29)14-22(16-25(28)32-30(18)24)27-17-20-9-5-7-11-26(20)33(27,2)3/h4-17H,1-3H3. The van der Waals surface area contributed by atoms with E-state index >= 15 is 0 Å². The number of aryl methyl sites for hydroxylation is 1. The van der Waals surface area contributed by atoms with E-state index in [2.05, 4.69) is 98.9 Å². The summed E-state index contributed by atoms with van der Waals surface area (Å²) in [5.74, 6) is 1.84. The molecule has 0 radical (unpaired) electrons. The molecule has 5 aromatic rings. The molecule has 0 spiro atoms. The molecule has 0 N–H and O–H groups in total. The summed E-state index contributed by atoms with van der Waals surface area (Å²) in [6.45, 7) is 7.05. The summed E-state index contributed by atoms with van der Waals surface area (Å²) in [6.07, 6.45) is 4.33. The van der Waals surface area contributed by atoms with E-state index in [1.54, 1.807) is 0 Å². The number of nitrogens with zero attached hydrogens (tertiary/aromatic N) is 1. The lowest BCUT2D eigenvalue weighted by Gasteiger charge is -2.26. The SMILES string of the molecule is Cc1c2c(cc3ccccc13)-c1nccc3cc(C4=Cc5ccccc5[Si]4(C)C)cc(c13)O2. The molecule has 158 valence electrons. The second-order valence-corrected chi connectivity index (χ2v) is 14.0. The average molecular weight is 442 g/mol. The molecule has 4 aromatic carbocycles. The maximum absolute atomic E-state index is 6.68. The molecule has 2 aliphatic rings. The van der Waals surface area contributed by atoms with Crippen LogP contribution in [-0.2, 0) is 0 Å². The van der Waals surface area contributed by atoms with Gasteiger partial charge in [0.15, 0.2) is 0 Å². The van der Waals surface area contributed by atoms with Gasteiger partial charge in [0, 0.05) is 17.3 Å². The first-order valence-corrected chi connectivity index (χ1v) is 14.5. The first kappa shape index (κ1) is 18.8. The highest BCUT2D eigenvalue weighted by molar-refractivity contribution is 7.07. The van der Waals surface area contributed by atoms with Crippen molar-refractivity contribution >= 4 is 46.1 Å². The normalized spacial score (nSPS) is 15.2. The van der Waals surface area contributed by atoms with Gasteiger partial charge in [0.2, 0.25) is 0 Å². The molecule has 1 aromatic heterocycles. The van der Waals surface area contributed by atoms with Crippen molar-refractivity contribution in [3.8, 4) is 22.8 Å². The van der Waals surface area contributed by atoms with Crippen LogP contribution in [0.1, 0.15) is 16.7 Å². The van der Waals surface area contributed by atoms with E-state index in [9.17, 15) is 0 Å². The second kappa shape index (κ2) is 6.43. The van der Waals surface area contributed by atoms with Gasteiger partial charge in [0.05, 0.1) is 11.1 Å². The van der Waals surface area contributed by atoms with E-state index in [1.165, 1.54) is 43.2 Å². The van der Waals surface area contributed by atoms with Gasteiger partial charge < -0.3 is 4.74 Å². The fraction of sp³-hybridized carbons (Fsp3) is 0.100. The molecule has 0 aliphatic carbocycles.